The van der Waals surface area contributed by atoms with Crippen molar-refractivity contribution in [1.82, 2.24) is 20.4 Å². The molecule has 1 aromatic carbocycles. The fourth-order valence-electron chi connectivity index (χ4n) is 2.84. The molecular weight excluding hydrogens is 484 g/mol. The van der Waals surface area contributed by atoms with Crippen molar-refractivity contribution in [1.29, 1.82) is 0 Å². The lowest BCUT2D eigenvalue weighted by molar-refractivity contribution is 0.599. The number of sulfone groups is 1. The van der Waals surface area contributed by atoms with Gasteiger partial charge in [0.2, 0.25) is 0 Å². The van der Waals surface area contributed by atoms with Gasteiger partial charge in [0.1, 0.15) is 5.82 Å². The van der Waals surface area contributed by atoms with Gasteiger partial charge >= 0.3 is 0 Å². The largest absolute Gasteiger partial charge is 0.356 e. The molecule has 1 saturated heterocycles. The summed E-state index contributed by atoms with van der Waals surface area (Å²) in [5.41, 5.74) is 1.69. The van der Waals surface area contributed by atoms with Crippen molar-refractivity contribution in [3.8, 4) is 5.69 Å². The van der Waals surface area contributed by atoms with Crippen LogP contribution in [-0.2, 0) is 16.3 Å². The number of nitrogens with zero attached hydrogens (tertiary/aromatic N) is 3. The van der Waals surface area contributed by atoms with Crippen molar-refractivity contribution >= 4 is 39.8 Å². The third kappa shape index (κ3) is 6.16. The van der Waals surface area contributed by atoms with Crippen LogP contribution >= 0.6 is 24.0 Å². The minimum Gasteiger partial charge on any atom is -0.356 e. The molecule has 0 saturated carbocycles. The fourth-order valence-corrected chi connectivity index (χ4v) is 4.51. The van der Waals surface area contributed by atoms with Gasteiger partial charge in [-0.05, 0) is 36.8 Å². The zero-order chi connectivity index (χ0) is 18.6. The molecule has 1 aromatic heterocycles. The highest BCUT2D eigenvalue weighted by molar-refractivity contribution is 14.0. The molecule has 0 spiro atoms. The van der Waals surface area contributed by atoms with E-state index in [4.69, 9.17) is 0 Å². The molecule has 2 heterocycles. The van der Waals surface area contributed by atoms with Gasteiger partial charge in [0, 0.05) is 32.3 Å². The number of hydrogen-bond acceptors (Lipinski definition) is 4. The molecule has 1 fully saturated rings. The lowest BCUT2D eigenvalue weighted by Gasteiger charge is -2.15. The molecule has 0 bridgehead atoms. The average Bonchev–Trinajstić information content (AvgIpc) is 3.21. The molecule has 27 heavy (non-hydrogen) atoms. The molecule has 0 radical (unpaired) electrons. The molecule has 10 heteroatoms. The van der Waals surface area contributed by atoms with E-state index >= 15 is 0 Å². The van der Waals surface area contributed by atoms with Crippen LogP contribution < -0.4 is 10.6 Å². The van der Waals surface area contributed by atoms with Crippen LogP contribution in [0, 0.1) is 5.82 Å². The molecular formula is C17H23FIN5O2S. The number of aliphatic imine (C=N–C) groups is 1. The van der Waals surface area contributed by atoms with Gasteiger partial charge < -0.3 is 10.6 Å². The highest BCUT2D eigenvalue weighted by atomic mass is 127. The van der Waals surface area contributed by atoms with E-state index in [-0.39, 0.29) is 47.3 Å². The van der Waals surface area contributed by atoms with E-state index < -0.39 is 9.84 Å². The van der Waals surface area contributed by atoms with Gasteiger partial charge in [-0.3, -0.25) is 4.99 Å². The van der Waals surface area contributed by atoms with Crippen LogP contribution in [0.15, 0.2) is 41.5 Å². The number of aromatic nitrogens is 2. The predicted molar refractivity (Wildman–Crippen MR) is 114 cm³/mol. The first kappa shape index (κ1) is 21.6. The van der Waals surface area contributed by atoms with E-state index in [1.807, 2.05) is 12.3 Å². The Balaban J connectivity index is 0.00000261. The summed E-state index contributed by atoms with van der Waals surface area (Å²) < 4.78 is 37.7. The Bertz CT molecular complexity index is 883. The van der Waals surface area contributed by atoms with E-state index in [1.54, 1.807) is 23.9 Å². The van der Waals surface area contributed by atoms with Crippen LogP contribution in [0.25, 0.3) is 5.69 Å². The predicted octanol–water partition coefficient (Wildman–Crippen LogP) is 1.52. The summed E-state index contributed by atoms with van der Waals surface area (Å²) in [5, 5.41) is 10.8. The molecule has 3 rings (SSSR count). The average molecular weight is 507 g/mol. The summed E-state index contributed by atoms with van der Waals surface area (Å²) in [4.78, 5) is 4.13. The third-order valence-electron chi connectivity index (χ3n) is 4.21. The third-order valence-corrected chi connectivity index (χ3v) is 5.97. The maximum atomic E-state index is 13.0. The summed E-state index contributed by atoms with van der Waals surface area (Å²) in [6.07, 6.45) is 3.11. The number of nitrogens with one attached hydrogen (secondary N) is 2. The molecule has 148 valence electrons. The first-order valence-corrected chi connectivity index (χ1v) is 10.3. The highest BCUT2D eigenvalue weighted by Crippen LogP contribution is 2.11. The van der Waals surface area contributed by atoms with Gasteiger partial charge in [-0.2, -0.15) is 5.10 Å². The Morgan fingerprint density at radius 2 is 2.07 bits per heavy atom. The van der Waals surface area contributed by atoms with Crippen molar-refractivity contribution in [2.45, 2.75) is 18.9 Å². The Morgan fingerprint density at radius 3 is 2.70 bits per heavy atom. The highest BCUT2D eigenvalue weighted by Gasteiger charge is 2.28. The standard InChI is InChI=1S/C17H22FN5O2S.HI/c1-19-17(21-15-8-11-26(24,25)12-15)20-9-6-14-7-10-23(22-14)16-4-2-13(18)3-5-16;/h2-5,7,10,15H,6,8-9,11-12H2,1H3,(H2,19,20,21);1H. The summed E-state index contributed by atoms with van der Waals surface area (Å²) >= 11 is 0. The number of rotatable bonds is 5. The lowest BCUT2D eigenvalue weighted by atomic mass is 10.3. The lowest BCUT2D eigenvalue weighted by Crippen LogP contribution is -2.44. The maximum Gasteiger partial charge on any atom is 0.191 e. The number of halogens is 2. The van der Waals surface area contributed by atoms with Crippen LogP contribution in [0.5, 0.6) is 0 Å². The molecule has 1 unspecified atom stereocenters. The Kier molecular flexibility index (Phi) is 7.59. The molecule has 2 aromatic rings. The fraction of sp³-hybridized carbons (Fsp3) is 0.412. The number of benzene rings is 1. The molecule has 1 aliphatic rings. The van der Waals surface area contributed by atoms with Crippen molar-refractivity contribution in [2.75, 3.05) is 25.1 Å². The van der Waals surface area contributed by atoms with E-state index in [1.165, 1.54) is 12.1 Å². The summed E-state index contributed by atoms with van der Waals surface area (Å²) in [6, 6.07) is 7.96. The Labute approximate surface area is 175 Å². The monoisotopic (exact) mass is 507 g/mol. The van der Waals surface area contributed by atoms with Crippen molar-refractivity contribution in [2.24, 2.45) is 4.99 Å². The topological polar surface area (TPSA) is 88.4 Å². The first-order valence-electron chi connectivity index (χ1n) is 8.43. The number of hydrogen-bond donors (Lipinski definition) is 2. The van der Waals surface area contributed by atoms with Crippen molar-refractivity contribution < 1.29 is 12.8 Å². The summed E-state index contributed by atoms with van der Waals surface area (Å²) in [7, 11) is -1.27. The van der Waals surface area contributed by atoms with Crippen LogP contribution in [0.4, 0.5) is 4.39 Å². The SMILES string of the molecule is CN=C(NCCc1ccn(-c2ccc(F)cc2)n1)NC1CCS(=O)(=O)C1.I. The van der Waals surface area contributed by atoms with Crippen LogP contribution in [0.1, 0.15) is 12.1 Å². The van der Waals surface area contributed by atoms with Gasteiger partial charge in [0.15, 0.2) is 15.8 Å². The smallest absolute Gasteiger partial charge is 0.191 e. The Hall–Kier alpha value is -1.69. The normalized spacial score (nSPS) is 18.7. The zero-order valence-corrected chi connectivity index (χ0v) is 18.1. The van der Waals surface area contributed by atoms with Crippen LogP contribution in [0.2, 0.25) is 0 Å². The molecule has 0 amide bonds. The van der Waals surface area contributed by atoms with E-state index in [0.717, 1.165) is 11.4 Å². The van der Waals surface area contributed by atoms with Crippen LogP contribution in [-0.4, -0.2) is 55.3 Å². The second kappa shape index (κ2) is 9.49. The molecule has 7 nitrogen and oxygen atoms in total. The van der Waals surface area contributed by atoms with Gasteiger partial charge in [-0.25, -0.2) is 17.5 Å². The minimum absolute atomic E-state index is 0. The number of guanidine groups is 1. The van der Waals surface area contributed by atoms with Gasteiger partial charge in [-0.15, -0.1) is 24.0 Å². The van der Waals surface area contributed by atoms with Crippen molar-refractivity contribution in [3.63, 3.8) is 0 Å². The molecule has 1 aliphatic heterocycles. The second-order valence-corrected chi connectivity index (χ2v) is 8.45. The molecule has 2 N–H and O–H groups in total. The quantitative estimate of drug-likeness (QED) is 0.364. The summed E-state index contributed by atoms with van der Waals surface area (Å²) in [5.74, 6) is 0.683. The van der Waals surface area contributed by atoms with Gasteiger partial charge in [0.25, 0.3) is 0 Å². The maximum absolute atomic E-state index is 13.0. The zero-order valence-electron chi connectivity index (χ0n) is 14.9. The van der Waals surface area contributed by atoms with E-state index in [9.17, 15) is 12.8 Å². The first-order chi connectivity index (χ1) is 12.4. The van der Waals surface area contributed by atoms with Crippen molar-refractivity contribution in [3.05, 3.63) is 48.0 Å². The molecule has 0 aliphatic carbocycles. The molecule has 1 atom stereocenters. The summed E-state index contributed by atoms with van der Waals surface area (Å²) in [6.45, 7) is 0.611. The van der Waals surface area contributed by atoms with E-state index in [0.29, 0.717) is 25.3 Å². The minimum atomic E-state index is -2.92. The Morgan fingerprint density at radius 1 is 1.33 bits per heavy atom. The second-order valence-electron chi connectivity index (χ2n) is 6.22. The van der Waals surface area contributed by atoms with Crippen LogP contribution in [0.3, 0.4) is 0 Å². The van der Waals surface area contributed by atoms with E-state index in [2.05, 4.69) is 20.7 Å². The van der Waals surface area contributed by atoms with Gasteiger partial charge in [0.05, 0.1) is 22.9 Å². The van der Waals surface area contributed by atoms with Gasteiger partial charge in [-0.1, -0.05) is 0 Å².